The molecule has 0 bridgehead atoms. The van der Waals surface area contributed by atoms with Crippen molar-refractivity contribution < 1.29 is 9.53 Å². The van der Waals surface area contributed by atoms with Crippen LogP contribution in [-0.2, 0) is 0 Å². The first-order valence-electron chi connectivity index (χ1n) is 6.70. The normalized spacial score (nSPS) is 19.5. The monoisotopic (exact) mass is 247 g/mol. The largest absolute Gasteiger partial charge is 0.497 e. The molecule has 1 aliphatic rings. The van der Waals surface area contributed by atoms with Crippen LogP contribution < -0.4 is 10.1 Å². The van der Waals surface area contributed by atoms with Gasteiger partial charge in [0.05, 0.1) is 7.11 Å². The molecule has 1 unspecified atom stereocenters. The lowest BCUT2D eigenvalue weighted by molar-refractivity contribution is 0.0974. The Balaban J connectivity index is 1.82. The smallest absolute Gasteiger partial charge is 0.162 e. The summed E-state index contributed by atoms with van der Waals surface area (Å²) in [5, 5.41) is 3.47. The number of ether oxygens (including phenoxy) is 1. The van der Waals surface area contributed by atoms with E-state index < -0.39 is 0 Å². The van der Waals surface area contributed by atoms with Gasteiger partial charge in [-0.05, 0) is 50.1 Å². The van der Waals surface area contributed by atoms with E-state index in [9.17, 15) is 4.79 Å². The second-order valence-electron chi connectivity index (χ2n) is 4.84. The van der Waals surface area contributed by atoms with E-state index in [0.29, 0.717) is 12.5 Å². The number of piperidine rings is 1. The Morgan fingerprint density at radius 2 is 2.11 bits per heavy atom. The number of ketones is 1. The molecule has 0 spiro atoms. The van der Waals surface area contributed by atoms with Crippen LogP contribution in [0, 0.1) is 0 Å². The molecule has 1 aliphatic heterocycles. The van der Waals surface area contributed by atoms with Crippen molar-refractivity contribution in [3.05, 3.63) is 29.8 Å². The Kier molecular flexibility index (Phi) is 4.76. The van der Waals surface area contributed by atoms with Gasteiger partial charge in [-0.2, -0.15) is 0 Å². The van der Waals surface area contributed by atoms with Crippen molar-refractivity contribution in [2.45, 2.75) is 38.1 Å². The number of carbonyl (C=O) groups excluding carboxylic acids is 1. The zero-order valence-electron chi connectivity index (χ0n) is 10.9. The van der Waals surface area contributed by atoms with Crippen molar-refractivity contribution in [2.24, 2.45) is 0 Å². The second kappa shape index (κ2) is 6.55. The molecule has 1 aromatic carbocycles. The fourth-order valence-corrected chi connectivity index (χ4v) is 2.40. The summed E-state index contributed by atoms with van der Waals surface area (Å²) in [6, 6.07) is 7.89. The van der Waals surface area contributed by atoms with Crippen LogP contribution in [0.3, 0.4) is 0 Å². The number of rotatable bonds is 5. The summed E-state index contributed by atoms with van der Waals surface area (Å²) in [4.78, 5) is 12.0. The number of hydrogen-bond donors (Lipinski definition) is 1. The Hall–Kier alpha value is -1.35. The SMILES string of the molecule is COc1ccc(C(=O)CCC2CCCCN2)cc1. The van der Waals surface area contributed by atoms with E-state index in [-0.39, 0.29) is 5.78 Å². The molecule has 0 amide bonds. The molecule has 0 radical (unpaired) electrons. The summed E-state index contributed by atoms with van der Waals surface area (Å²) in [5.41, 5.74) is 0.784. The van der Waals surface area contributed by atoms with Gasteiger partial charge in [0.1, 0.15) is 5.75 Å². The molecule has 1 saturated heterocycles. The highest BCUT2D eigenvalue weighted by Gasteiger charge is 2.14. The molecule has 1 heterocycles. The molecule has 1 atom stereocenters. The van der Waals surface area contributed by atoms with E-state index in [1.165, 1.54) is 19.3 Å². The van der Waals surface area contributed by atoms with Gasteiger partial charge in [0.25, 0.3) is 0 Å². The average Bonchev–Trinajstić information content (AvgIpc) is 2.46. The van der Waals surface area contributed by atoms with Gasteiger partial charge in [0.2, 0.25) is 0 Å². The van der Waals surface area contributed by atoms with Gasteiger partial charge in [-0.1, -0.05) is 6.42 Å². The molecule has 98 valence electrons. The summed E-state index contributed by atoms with van der Waals surface area (Å²) in [6.45, 7) is 1.10. The van der Waals surface area contributed by atoms with Gasteiger partial charge >= 0.3 is 0 Å². The van der Waals surface area contributed by atoms with Crippen molar-refractivity contribution in [1.82, 2.24) is 5.32 Å². The number of nitrogens with one attached hydrogen (secondary N) is 1. The van der Waals surface area contributed by atoms with Crippen molar-refractivity contribution in [3.8, 4) is 5.75 Å². The van der Waals surface area contributed by atoms with Gasteiger partial charge in [-0.15, -0.1) is 0 Å². The van der Waals surface area contributed by atoms with E-state index >= 15 is 0 Å². The topological polar surface area (TPSA) is 38.3 Å². The minimum Gasteiger partial charge on any atom is -0.497 e. The van der Waals surface area contributed by atoms with Gasteiger partial charge in [-0.3, -0.25) is 4.79 Å². The Morgan fingerprint density at radius 3 is 2.72 bits per heavy atom. The summed E-state index contributed by atoms with van der Waals surface area (Å²) in [5.74, 6) is 1.02. The second-order valence-corrected chi connectivity index (χ2v) is 4.84. The number of benzene rings is 1. The third kappa shape index (κ3) is 3.57. The molecule has 3 heteroatoms. The van der Waals surface area contributed by atoms with Crippen LogP contribution in [0.1, 0.15) is 42.5 Å². The van der Waals surface area contributed by atoms with Crippen LogP contribution in [-0.4, -0.2) is 25.5 Å². The fraction of sp³-hybridized carbons (Fsp3) is 0.533. The van der Waals surface area contributed by atoms with Crippen LogP contribution >= 0.6 is 0 Å². The van der Waals surface area contributed by atoms with Gasteiger partial charge < -0.3 is 10.1 Å². The van der Waals surface area contributed by atoms with Crippen molar-refractivity contribution >= 4 is 5.78 Å². The predicted octanol–water partition coefficient (Wildman–Crippen LogP) is 2.80. The highest BCUT2D eigenvalue weighted by atomic mass is 16.5. The molecule has 2 rings (SSSR count). The molecule has 0 saturated carbocycles. The number of Topliss-reactive ketones (excluding diaryl/α,β-unsaturated/α-hetero) is 1. The minimum absolute atomic E-state index is 0.227. The van der Waals surface area contributed by atoms with E-state index in [4.69, 9.17) is 4.74 Å². The van der Waals surface area contributed by atoms with Gasteiger partial charge in [0.15, 0.2) is 5.78 Å². The molecule has 1 N–H and O–H groups in total. The van der Waals surface area contributed by atoms with Crippen LogP contribution in [0.25, 0.3) is 0 Å². The molecule has 0 aliphatic carbocycles. The van der Waals surface area contributed by atoms with Crippen molar-refractivity contribution in [2.75, 3.05) is 13.7 Å². The maximum atomic E-state index is 12.0. The first kappa shape index (κ1) is 13.1. The lowest BCUT2D eigenvalue weighted by atomic mass is 9.97. The van der Waals surface area contributed by atoms with Gasteiger partial charge in [-0.25, -0.2) is 0 Å². The first-order chi connectivity index (χ1) is 8.79. The molecular formula is C15H21NO2. The van der Waals surface area contributed by atoms with E-state index in [1.807, 2.05) is 24.3 Å². The lowest BCUT2D eigenvalue weighted by Gasteiger charge is -2.22. The van der Waals surface area contributed by atoms with E-state index in [1.54, 1.807) is 7.11 Å². The standard InChI is InChI=1S/C15H21NO2/c1-18-14-8-5-12(6-9-14)15(17)10-7-13-4-2-3-11-16-13/h5-6,8-9,13,16H,2-4,7,10-11H2,1H3. The van der Waals surface area contributed by atoms with Gasteiger partial charge in [0, 0.05) is 18.0 Å². The van der Waals surface area contributed by atoms with Crippen LogP contribution in [0.15, 0.2) is 24.3 Å². The summed E-state index contributed by atoms with van der Waals surface area (Å²) in [6.07, 6.45) is 5.34. The maximum absolute atomic E-state index is 12.0. The Bertz CT molecular complexity index is 380. The van der Waals surface area contributed by atoms with Crippen molar-refractivity contribution in [1.29, 1.82) is 0 Å². The molecule has 0 aromatic heterocycles. The minimum atomic E-state index is 0.227. The molecule has 1 fully saturated rings. The number of hydrogen-bond acceptors (Lipinski definition) is 3. The zero-order chi connectivity index (χ0) is 12.8. The quantitative estimate of drug-likeness (QED) is 0.813. The molecule has 3 nitrogen and oxygen atoms in total. The van der Waals surface area contributed by atoms with Crippen molar-refractivity contribution in [3.63, 3.8) is 0 Å². The average molecular weight is 247 g/mol. The Morgan fingerprint density at radius 1 is 1.33 bits per heavy atom. The predicted molar refractivity (Wildman–Crippen MR) is 72.2 cm³/mol. The molecule has 18 heavy (non-hydrogen) atoms. The highest BCUT2D eigenvalue weighted by Crippen LogP contribution is 2.16. The molecule has 1 aromatic rings. The first-order valence-corrected chi connectivity index (χ1v) is 6.70. The maximum Gasteiger partial charge on any atom is 0.162 e. The van der Waals surface area contributed by atoms with Crippen LogP contribution in [0.2, 0.25) is 0 Å². The van der Waals surface area contributed by atoms with E-state index in [0.717, 1.165) is 24.3 Å². The third-order valence-corrected chi connectivity index (χ3v) is 3.54. The van der Waals surface area contributed by atoms with Crippen LogP contribution in [0.5, 0.6) is 5.75 Å². The summed E-state index contributed by atoms with van der Waals surface area (Å²) < 4.78 is 5.08. The summed E-state index contributed by atoms with van der Waals surface area (Å²) in [7, 11) is 1.63. The summed E-state index contributed by atoms with van der Waals surface area (Å²) >= 11 is 0. The number of carbonyl (C=O) groups is 1. The Labute approximate surface area is 109 Å². The highest BCUT2D eigenvalue weighted by molar-refractivity contribution is 5.96. The lowest BCUT2D eigenvalue weighted by Crippen LogP contribution is -2.34. The fourth-order valence-electron chi connectivity index (χ4n) is 2.40. The molecular weight excluding hydrogens is 226 g/mol. The zero-order valence-corrected chi connectivity index (χ0v) is 10.9. The van der Waals surface area contributed by atoms with Crippen LogP contribution in [0.4, 0.5) is 0 Å². The number of methoxy groups -OCH3 is 1. The third-order valence-electron chi connectivity index (χ3n) is 3.54. The van der Waals surface area contributed by atoms with E-state index in [2.05, 4.69) is 5.32 Å².